The van der Waals surface area contributed by atoms with Crippen LogP contribution in [-0.4, -0.2) is 25.2 Å². The molecule has 1 aliphatic heterocycles. The number of aryl methyl sites for hydroxylation is 1. The number of rotatable bonds is 3. The van der Waals surface area contributed by atoms with Gasteiger partial charge in [-0.2, -0.15) is 0 Å². The smallest absolute Gasteiger partial charge is 0.233 e. The monoisotopic (exact) mass is 340 g/mol. The van der Waals surface area contributed by atoms with Crippen LogP contribution in [-0.2, 0) is 4.79 Å². The molecule has 6 nitrogen and oxygen atoms in total. The summed E-state index contributed by atoms with van der Waals surface area (Å²) in [7, 11) is 3.24. The Bertz CT molecular complexity index is 882. The summed E-state index contributed by atoms with van der Waals surface area (Å²) in [6.45, 7) is 1.89. The van der Waals surface area contributed by atoms with E-state index >= 15 is 0 Å². The maximum Gasteiger partial charge on any atom is 0.233 e. The summed E-state index contributed by atoms with van der Waals surface area (Å²) in [6, 6.07) is 5.68. The Morgan fingerprint density at radius 1 is 1.24 bits per heavy atom. The summed E-state index contributed by atoms with van der Waals surface area (Å²) in [4.78, 5) is 12.8. The highest BCUT2D eigenvalue weighted by Gasteiger charge is 2.39. The van der Waals surface area contributed by atoms with Crippen molar-refractivity contribution in [3.05, 3.63) is 46.3 Å². The molecule has 1 aliphatic carbocycles. The lowest BCUT2D eigenvalue weighted by Crippen LogP contribution is -2.26. The number of nitrogens with one attached hydrogen (secondary N) is 1. The molecular weight excluding hydrogens is 320 g/mol. The van der Waals surface area contributed by atoms with Gasteiger partial charge >= 0.3 is 0 Å². The van der Waals surface area contributed by atoms with Gasteiger partial charge in [0.05, 0.1) is 31.4 Å². The van der Waals surface area contributed by atoms with E-state index in [0.717, 1.165) is 40.9 Å². The van der Waals surface area contributed by atoms with Gasteiger partial charge < -0.3 is 19.3 Å². The number of ether oxygens (including phenoxy) is 2. The van der Waals surface area contributed by atoms with Crippen LogP contribution in [0.1, 0.15) is 42.0 Å². The maximum atomic E-state index is 12.8. The number of hydrogen-bond acceptors (Lipinski definition) is 6. The number of methoxy groups -OCH3 is 2. The predicted octanol–water partition coefficient (Wildman–Crippen LogP) is 3.56. The summed E-state index contributed by atoms with van der Waals surface area (Å²) in [5.41, 5.74) is 4.32. The minimum Gasteiger partial charge on any atom is -0.497 e. The van der Waals surface area contributed by atoms with Gasteiger partial charge in [-0.3, -0.25) is 4.79 Å². The highest BCUT2D eigenvalue weighted by molar-refractivity contribution is 6.01. The van der Waals surface area contributed by atoms with Crippen LogP contribution in [0.25, 0.3) is 0 Å². The third-order valence-electron chi connectivity index (χ3n) is 4.96. The summed E-state index contributed by atoms with van der Waals surface area (Å²) in [5.74, 6) is 1.94. The van der Waals surface area contributed by atoms with Crippen molar-refractivity contribution >= 4 is 11.7 Å². The molecule has 25 heavy (non-hydrogen) atoms. The average molecular weight is 340 g/mol. The number of Topliss-reactive ketones (excluding diaryl/α,β-unsaturated/α-hetero) is 1. The van der Waals surface area contributed by atoms with Crippen LogP contribution in [0.15, 0.2) is 34.0 Å². The molecule has 1 aromatic carbocycles. The number of carbonyl (C=O) groups excluding carboxylic acids is 1. The van der Waals surface area contributed by atoms with Crippen molar-refractivity contribution in [2.75, 3.05) is 19.5 Å². The zero-order valence-electron chi connectivity index (χ0n) is 14.5. The van der Waals surface area contributed by atoms with E-state index in [1.165, 1.54) is 0 Å². The first-order chi connectivity index (χ1) is 12.1. The molecule has 0 saturated carbocycles. The van der Waals surface area contributed by atoms with Gasteiger partial charge in [-0.1, -0.05) is 11.2 Å². The molecule has 0 radical (unpaired) electrons. The van der Waals surface area contributed by atoms with Crippen molar-refractivity contribution in [2.24, 2.45) is 0 Å². The van der Waals surface area contributed by atoms with E-state index in [2.05, 4.69) is 10.5 Å². The lowest BCUT2D eigenvalue weighted by molar-refractivity contribution is -0.116. The van der Waals surface area contributed by atoms with Gasteiger partial charge in [-0.05, 0) is 25.8 Å². The lowest BCUT2D eigenvalue weighted by atomic mass is 9.76. The fourth-order valence-corrected chi connectivity index (χ4v) is 3.78. The number of nitrogens with zero attached hydrogens (tertiary/aromatic N) is 1. The first-order valence-electron chi connectivity index (χ1n) is 8.35. The van der Waals surface area contributed by atoms with Crippen molar-refractivity contribution < 1.29 is 18.8 Å². The molecule has 1 atom stereocenters. The van der Waals surface area contributed by atoms with Gasteiger partial charge in [0.2, 0.25) is 5.88 Å². The standard InChI is InChI=1S/C19H20N2O4/c1-10-16-17(12-8-7-11(23-2)9-15(12)24-3)18-13(5-4-6-14(18)22)20-19(16)25-21-10/h7-9,17,20H,4-6H2,1-3H3. The predicted molar refractivity (Wildman–Crippen MR) is 92.1 cm³/mol. The van der Waals surface area contributed by atoms with Gasteiger partial charge in [0.15, 0.2) is 5.78 Å². The molecule has 2 aromatic rings. The van der Waals surface area contributed by atoms with Crippen LogP contribution in [0.4, 0.5) is 5.88 Å². The normalized spacial score (nSPS) is 19.2. The maximum absolute atomic E-state index is 12.8. The van der Waals surface area contributed by atoms with Crippen LogP contribution in [0.3, 0.4) is 0 Å². The highest BCUT2D eigenvalue weighted by atomic mass is 16.5. The average Bonchev–Trinajstić information content (AvgIpc) is 3.00. The molecule has 4 rings (SSSR count). The number of benzene rings is 1. The van der Waals surface area contributed by atoms with Gasteiger partial charge in [0.25, 0.3) is 0 Å². The Morgan fingerprint density at radius 3 is 2.84 bits per heavy atom. The number of ketones is 1. The van der Waals surface area contributed by atoms with Crippen LogP contribution >= 0.6 is 0 Å². The molecule has 0 bridgehead atoms. The summed E-state index contributed by atoms with van der Waals surface area (Å²) >= 11 is 0. The molecule has 0 amide bonds. The quantitative estimate of drug-likeness (QED) is 0.921. The zero-order chi connectivity index (χ0) is 17.6. The van der Waals surface area contributed by atoms with Crippen molar-refractivity contribution in [1.29, 1.82) is 0 Å². The number of hydrogen-bond donors (Lipinski definition) is 1. The first kappa shape index (κ1) is 15.7. The van der Waals surface area contributed by atoms with Crippen LogP contribution in [0.5, 0.6) is 11.5 Å². The van der Waals surface area contributed by atoms with E-state index in [9.17, 15) is 4.79 Å². The van der Waals surface area contributed by atoms with E-state index in [1.54, 1.807) is 14.2 Å². The lowest BCUT2D eigenvalue weighted by Gasteiger charge is -2.31. The fourth-order valence-electron chi connectivity index (χ4n) is 3.78. The second kappa shape index (κ2) is 5.95. The molecule has 2 heterocycles. The van der Waals surface area contributed by atoms with Gasteiger partial charge in [0, 0.05) is 29.3 Å². The molecule has 0 saturated heterocycles. The van der Waals surface area contributed by atoms with Gasteiger partial charge in [-0.25, -0.2) is 0 Å². The molecule has 6 heteroatoms. The van der Waals surface area contributed by atoms with E-state index < -0.39 is 0 Å². The number of anilines is 1. The molecule has 0 spiro atoms. The SMILES string of the molecule is COc1ccc(C2C3=C(CCCC3=O)Nc3onc(C)c32)c(OC)c1. The van der Waals surface area contributed by atoms with E-state index in [4.69, 9.17) is 14.0 Å². The minimum atomic E-state index is -0.244. The zero-order valence-corrected chi connectivity index (χ0v) is 14.5. The van der Waals surface area contributed by atoms with Gasteiger partial charge in [0.1, 0.15) is 11.5 Å². The van der Waals surface area contributed by atoms with Crippen LogP contribution in [0.2, 0.25) is 0 Å². The Labute approximate surface area is 145 Å². The van der Waals surface area contributed by atoms with E-state index in [-0.39, 0.29) is 11.7 Å². The second-order valence-corrected chi connectivity index (χ2v) is 6.35. The van der Waals surface area contributed by atoms with E-state index in [0.29, 0.717) is 23.8 Å². The Kier molecular flexibility index (Phi) is 3.75. The molecular formula is C19H20N2O4. The summed E-state index contributed by atoms with van der Waals surface area (Å²) in [5, 5.41) is 7.38. The number of allylic oxidation sites excluding steroid dienone is 2. The Hall–Kier alpha value is -2.76. The van der Waals surface area contributed by atoms with E-state index in [1.807, 2.05) is 25.1 Å². The first-order valence-corrected chi connectivity index (χ1v) is 8.35. The summed E-state index contributed by atoms with van der Waals surface area (Å²) in [6.07, 6.45) is 2.24. The number of carbonyl (C=O) groups is 1. The number of aromatic nitrogens is 1. The molecule has 2 aliphatic rings. The van der Waals surface area contributed by atoms with Crippen LogP contribution in [0, 0.1) is 6.92 Å². The molecule has 1 unspecified atom stereocenters. The fraction of sp³-hybridized carbons (Fsp3) is 0.368. The Morgan fingerprint density at radius 2 is 2.08 bits per heavy atom. The van der Waals surface area contributed by atoms with Crippen LogP contribution < -0.4 is 14.8 Å². The van der Waals surface area contributed by atoms with Crippen molar-refractivity contribution in [3.8, 4) is 11.5 Å². The summed E-state index contributed by atoms with van der Waals surface area (Å²) < 4.78 is 16.4. The third-order valence-corrected chi connectivity index (χ3v) is 4.96. The van der Waals surface area contributed by atoms with Crippen molar-refractivity contribution in [3.63, 3.8) is 0 Å². The van der Waals surface area contributed by atoms with Gasteiger partial charge in [-0.15, -0.1) is 0 Å². The van der Waals surface area contributed by atoms with Crippen molar-refractivity contribution in [2.45, 2.75) is 32.1 Å². The third kappa shape index (κ3) is 2.40. The molecule has 130 valence electrons. The topological polar surface area (TPSA) is 73.6 Å². The molecule has 1 aromatic heterocycles. The molecule has 0 fully saturated rings. The number of fused-ring (bicyclic) bond motifs is 1. The second-order valence-electron chi connectivity index (χ2n) is 6.35. The largest absolute Gasteiger partial charge is 0.497 e. The highest BCUT2D eigenvalue weighted by Crippen LogP contribution is 2.49. The Balaban J connectivity index is 1.95. The molecule has 1 N–H and O–H groups in total. The van der Waals surface area contributed by atoms with Crippen molar-refractivity contribution in [1.82, 2.24) is 5.16 Å². The minimum absolute atomic E-state index is 0.169.